The van der Waals surface area contributed by atoms with E-state index in [9.17, 15) is 14.7 Å². The van der Waals surface area contributed by atoms with Crippen molar-refractivity contribution in [2.45, 2.75) is 18.4 Å². The summed E-state index contributed by atoms with van der Waals surface area (Å²) in [5, 5.41) is 13.4. The summed E-state index contributed by atoms with van der Waals surface area (Å²) in [7, 11) is 0. The van der Waals surface area contributed by atoms with Crippen LogP contribution >= 0.6 is 11.3 Å². The summed E-state index contributed by atoms with van der Waals surface area (Å²) in [6.07, 6.45) is 0.310. The molecule has 1 aromatic heterocycles. The molecule has 2 aromatic carbocycles. The molecule has 0 amide bonds. The number of fused-ring (bicyclic) bond motifs is 3. The molecule has 0 aliphatic heterocycles. The summed E-state index contributed by atoms with van der Waals surface area (Å²) in [6, 6.07) is 17.0. The monoisotopic (exact) mass is 407 g/mol. The van der Waals surface area contributed by atoms with Crippen LogP contribution in [0.3, 0.4) is 0 Å². The first kappa shape index (κ1) is 19.4. The van der Waals surface area contributed by atoms with Gasteiger partial charge in [0.1, 0.15) is 6.61 Å². The van der Waals surface area contributed by atoms with Gasteiger partial charge >= 0.3 is 11.9 Å². The highest BCUT2D eigenvalue weighted by Gasteiger charge is 2.36. The normalized spacial score (nSPS) is 14.7. The van der Waals surface area contributed by atoms with E-state index in [2.05, 4.69) is 0 Å². The zero-order chi connectivity index (χ0) is 20.4. The molecular formula is C23H21NO4S. The number of carboxylic acid groups (broad SMARTS) is 1. The Labute approximate surface area is 172 Å². The molecule has 2 atom stereocenters. The van der Waals surface area contributed by atoms with Crippen LogP contribution in [0.2, 0.25) is 0 Å². The highest BCUT2D eigenvalue weighted by atomic mass is 32.1. The lowest BCUT2D eigenvalue weighted by atomic mass is 9.95. The van der Waals surface area contributed by atoms with Crippen LogP contribution in [-0.4, -0.2) is 29.7 Å². The van der Waals surface area contributed by atoms with Gasteiger partial charge in [0.15, 0.2) is 5.92 Å². The fraction of sp³-hybridized carbons (Fsp3) is 0.217. The third-order valence-electron chi connectivity index (χ3n) is 5.35. The number of carbonyl (C=O) groups is 2. The maximum absolute atomic E-state index is 12.7. The van der Waals surface area contributed by atoms with Gasteiger partial charge in [-0.25, -0.2) is 0 Å². The molecule has 6 heteroatoms. The molecule has 3 N–H and O–H groups in total. The van der Waals surface area contributed by atoms with Gasteiger partial charge in [0.2, 0.25) is 0 Å². The average molecular weight is 407 g/mol. The molecular weight excluding hydrogens is 386 g/mol. The SMILES string of the molecule is N[C@@H](Cc1ccsc1)[C@H](C(=O)O)C(=O)OCC1c2ccccc2-c2ccccc21. The maximum atomic E-state index is 12.7. The molecule has 1 aliphatic carbocycles. The van der Waals surface area contributed by atoms with Crippen LogP contribution in [0.15, 0.2) is 65.4 Å². The summed E-state index contributed by atoms with van der Waals surface area (Å²) in [5.74, 6) is -3.57. The number of carbonyl (C=O) groups excluding carboxylic acids is 1. The Bertz CT molecular complexity index is 985. The fourth-order valence-corrected chi connectivity index (χ4v) is 4.63. The first-order chi connectivity index (χ1) is 14.1. The van der Waals surface area contributed by atoms with Crippen LogP contribution in [0.5, 0.6) is 0 Å². The van der Waals surface area contributed by atoms with E-state index in [0.717, 1.165) is 27.8 Å². The van der Waals surface area contributed by atoms with Crippen molar-refractivity contribution in [1.29, 1.82) is 0 Å². The van der Waals surface area contributed by atoms with E-state index >= 15 is 0 Å². The minimum absolute atomic E-state index is 0.0851. The first-order valence-electron chi connectivity index (χ1n) is 9.40. The minimum Gasteiger partial charge on any atom is -0.481 e. The quantitative estimate of drug-likeness (QED) is 0.461. The van der Waals surface area contributed by atoms with Crippen LogP contribution in [0, 0.1) is 5.92 Å². The highest BCUT2D eigenvalue weighted by Crippen LogP contribution is 2.44. The fourth-order valence-electron chi connectivity index (χ4n) is 3.95. The summed E-state index contributed by atoms with van der Waals surface area (Å²) < 4.78 is 5.51. The molecule has 29 heavy (non-hydrogen) atoms. The number of carboxylic acids is 1. The van der Waals surface area contributed by atoms with Gasteiger partial charge in [-0.05, 0) is 51.1 Å². The van der Waals surface area contributed by atoms with E-state index in [1.807, 2.05) is 65.4 Å². The van der Waals surface area contributed by atoms with Gasteiger partial charge in [0.05, 0.1) is 0 Å². The minimum atomic E-state index is -1.40. The topological polar surface area (TPSA) is 89.6 Å². The third-order valence-corrected chi connectivity index (χ3v) is 6.09. The molecule has 0 bridgehead atoms. The molecule has 148 valence electrons. The number of ether oxygens (including phenoxy) is 1. The second-order valence-electron chi connectivity index (χ2n) is 7.17. The summed E-state index contributed by atoms with van der Waals surface area (Å²) in [5.41, 5.74) is 11.4. The van der Waals surface area contributed by atoms with Crippen molar-refractivity contribution in [1.82, 2.24) is 0 Å². The molecule has 1 heterocycles. The smallest absolute Gasteiger partial charge is 0.321 e. The largest absolute Gasteiger partial charge is 0.481 e. The predicted octanol–water partition coefficient (Wildman–Crippen LogP) is 3.67. The molecule has 0 saturated heterocycles. The highest BCUT2D eigenvalue weighted by molar-refractivity contribution is 7.07. The predicted molar refractivity (Wildman–Crippen MR) is 112 cm³/mol. The molecule has 0 spiro atoms. The van der Waals surface area contributed by atoms with E-state index in [1.54, 1.807) is 0 Å². The van der Waals surface area contributed by atoms with Gasteiger partial charge in [-0.3, -0.25) is 9.59 Å². The lowest BCUT2D eigenvalue weighted by Gasteiger charge is -2.20. The van der Waals surface area contributed by atoms with Gasteiger partial charge in [-0.15, -0.1) is 0 Å². The third kappa shape index (κ3) is 3.81. The first-order valence-corrected chi connectivity index (χ1v) is 10.3. The molecule has 4 rings (SSSR count). The van der Waals surface area contributed by atoms with Gasteiger partial charge in [-0.2, -0.15) is 11.3 Å². The van der Waals surface area contributed by atoms with E-state index in [-0.39, 0.29) is 12.5 Å². The van der Waals surface area contributed by atoms with Crippen molar-refractivity contribution < 1.29 is 19.4 Å². The van der Waals surface area contributed by atoms with Crippen molar-refractivity contribution in [2.24, 2.45) is 11.7 Å². The summed E-state index contributed by atoms with van der Waals surface area (Å²) >= 11 is 1.50. The van der Waals surface area contributed by atoms with Crippen molar-refractivity contribution >= 4 is 23.3 Å². The van der Waals surface area contributed by atoms with Gasteiger partial charge in [0, 0.05) is 12.0 Å². The molecule has 5 nitrogen and oxygen atoms in total. The molecule has 0 radical (unpaired) electrons. The van der Waals surface area contributed by atoms with Crippen molar-refractivity contribution in [3.63, 3.8) is 0 Å². The second kappa shape index (κ2) is 8.19. The van der Waals surface area contributed by atoms with E-state index in [4.69, 9.17) is 10.5 Å². The zero-order valence-electron chi connectivity index (χ0n) is 15.7. The Kier molecular flexibility index (Phi) is 5.47. The number of benzene rings is 2. The molecule has 1 aliphatic rings. The van der Waals surface area contributed by atoms with Crippen molar-refractivity contribution in [3.8, 4) is 11.1 Å². The number of esters is 1. The number of aliphatic carboxylic acids is 1. The van der Waals surface area contributed by atoms with Gasteiger partial charge in [0.25, 0.3) is 0 Å². The lowest BCUT2D eigenvalue weighted by Crippen LogP contribution is -2.43. The Hall–Kier alpha value is -2.96. The average Bonchev–Trinajstić information content (AvgIpc) is 3.32. The summed E-state index contributed by atoms with van der Waals surface area (Å²) in [6.45, 7) is 0.0851. The Morgan fingerprint density at radius 3 is 2.21 bits per heavy atom. The van der Waals surface area contributed by atoms with Gasteiger partial charge in [-0.1, -0.05) is 48.5 Å². The van der Waals surface area contributed by atoms with E-state index in [1.165, 1.54) is 11.3 Å². The molecule has 0 unspecified atom stereocenters. The lowest BCUT2D eigenvalue weighted by molar-refractivity contribution is -0.159. The van der Waals surface area contributed by atoms with Crippen LogP contribution in [0.1, 0.15) is 22.6 Å². The number of hydrogen-bond acceptors (Lipinski definition) is 5. The van der Waals surface area contributed by atoms with E-state index < -0.39 is 23.9 Å². The molecule has 3 aromatic rings. The number of nitrogens with two attached hydrogens (primary N) is 1. The van der Waals surface area contributed by atoms with Crippen LogP contribution in [-0.2, 0) is 20.7 Å². The van der Waals surface area contributed by atoms with Crippen molar-refractivity contribution in [2.75, 3.05) is 6.61 Å². The molecule has 0 fully saturated rings. The van der Waals surface area contributed by atoms with Crippen LogP contribution in [0.25, 0.3) is 11.1 Å². The van der Waals surface area contributed by atoms with Crippen molar-refractivity contribution in [3.05, 3.63) is 82.0 Å². The number of rotatable bonds is 7. The standard InChI is InChI=1S/C23H21NO4S/c24-20(11-14-9-10-29-13-14)21(22(25)26)23(27)28-12-19-17-7-3-1-5-15(17)16-6-2-4-8-18(16)19/h1-10,13,19-21H,11-12,24H2,(H,25,26)/t20-,21+/m0/s1. The van der Waals surface area contributed by atoms with Gasteiger partial charge < -0.3 is 15.6 Å². The van der Waals surface area contributed by atoms with E-state index in [0.29, 0.717) is 6.42 Å². The molecule has 0 saturated carbocycles. The van der Waals surface area contributed by atoms with Crippen LogP contribution < -0.4 is 5.73 Å². The summed E-state index contributed by atoms with van der Waals surface area (Å²) in [4.78, 5) is 24.4. The number of hydrogen-bond donors (Lipinski definition) is 2. The number of thiophene rings is 1. The van der Waals surface area contributed by atoms with Crippen LogP contribution in [0.4, 0.5) is 0 Å². The Balaban J connectivity index is 1.50. The zero-order valence-corrected chi connectivity index (χ0v) is 16.5. The Morgan fingerprint density at radius 1 is 1.03 bits per heavy atom. The maximum Gasteiger partial charge on any atom is 0.321 e. The Morgan fingerprint density at radius 2 is 1.66 bits per heavy atom. The second-order valence-corrected chi connectivity index (χ2v) is 7.95.